The van der Waals surface area contributed by atoms with E-state index in [1.165, 1.54) is 0 Å². The molecule has 3 aromatic rings. The van der Waals surface area contributed by atoms with Crippen LogP contribution >= 0.6 is 0 Å². The van der Waals surface area contributed by atoms with Gasteiger partial charge in [-0.2, -0.15) is 10.2 Å². The van der Waals surface area contributed by atoms with Gasteiger partial charge in [-0.3, -0.25) is 10.2 Å². The van der Waals surface area contributed by atoms with Crippen molar-refractivity contribution in [2.45, 2.75) is 13.8 Å². The molecule has 0 aliphatic rings. The van der Waals surface area contributed by atoms with Crippen LogP contribution in [0.2, 0.25) is 0 Å². The molecule has 18 heavy (non-hydrogen) atoms. The molecule has 0 amide bonds. The fourth-order valence-corrected chi connectivity index (χ4v) is 1.60. The highest BCUT2D eigenvalue weighted by molar-refractivity contribution is 5.56. The molecule has 0 spiro atoms. The van der Waals surface area contributed by atoms with Crippen molar-refractivity contribution in [3.63, 3.8) is 0 Å². The Kier molecular flexibility index (Phi) is 2.36. The summed E-state index contributed by atoms with van der Waals surface area (Å²) in [7, 11) is 0. The number of aryl methyl sites for hydroxylation is 2. The molecular formula is C11H11N7. The normalized spacial score (nSPS) is 10.8. The molecule has 0 saturated heterocycles. The van der Waals surface area contributed by atoms with Gasteiger partial charge in [0.1, 0.15) is 23.0 Å². The third-order valence-electron chi connectivity index (χ3n) is 2.40. The minimum absolute atomic E-state index is 0.571. The summed E-state index contributed by atoms with van der Waals surface area (Å²) in [6.07, 6.45) is 0. The van der Waals surface area contributed by atoms with E-state index in [-0.39, 0.29) is 0 Å². The predicted molar refractivity (Wildman–Crippen MR) is 64.5 cm³/mol. The summed E-state index contributed by atoms with van der Waals surface area (Å²) < 4.78 is 0. The molecule has 0 aromatic carbocycles. The van der Waals surface area contributed by atoms with Gasteiger partial charge in [-0.25, -0.2) is 15.0 Å². The van der Waals surface area contributed by atoms with E-state index in [1.807, 2.05) is 32.0 Å². The van der Waals surface area contributed by atoms with Gasteiger partial charge < -0.3 is 0 Å². The van der Waals surface area contributed by atoms with Crippen LogP contribution in [0.1, 0.15) is 11.6 Å². The summed E-state index contributed by atoms with van der Waals surface area (Å²) >= 11 is 0. The molecule has 7 nitrogen and oxygen atoms in total. The monoisotopic (exact) mass is 241 g/mol. The molecule has 0 aliphatic carbocycles. The SMILES string of the molecule is Cc1nc(-c2cccc(-c3n[nH]c(C)n3)n2)n[nH]1. The average Bonchev–Trinajstić information content (AvgIpc) is 2.98. The minimum Gasteiger partial charge on any atom is -0.263 e. The fraction of sp³-hybridized carbons (Fsp3) is 0.182. The highest BCUT2D eigenvalue weighted by Gasteiger charge is 2.09. The van der Waals surface area contributed by atoms with Gasteiger partial charge in [-0.15, -0.1) is 0 Å². The van der Waals surface area contributed by atoms with Gasteiger partial charge >= 0.3 is 0 Å². The first-order valence-corrected chi connectivity index (χ1v) is 5.48. The predicted octanol–water partition coefficient (Wildman–Crippen LogP) is 1.27. The maximum atomic E-state index is 4.45. The van der Waals surface area contributed by atoms with Crippen molar-refractivity contribution in [1.29, 1.82) is 0 Å². The van der Waals surface area contributed by atoms with Crippen molar-refractivity contribution in [3.8, 4) is 23.0 Å². The van der Waals surface area contributed by atoms with Gasteiger partial charge in [0, 0.05) is 0 Å². The van der Waals surface area contributed by atoms with E-state index in [0.717, 1.165) is 11.6 Å². The Morgan fingerprint density at radius 3 is 1.67 bits per heavy atom. The number of H-pyrrole nitrogens is 2. The number of nitrogens with zero attached hydrogens (tertiary/aromatic N) is 5. The quantitative estimate of drug-likeness (QED) is 0.704. The summed E-state index contributed by atoms with van der Waals surface area (Å²) in [6, 6.07) is 5.59. The smallest absolute Gasteiger partial charge is 0.199 e. The number of hydrogen-bond donors (Lipinski definition) is 2. The zero-order valence-electron chi connectivity index (χ0n) is 9.97. The maximum Gasteiger partial charge on any atom is 0.199 e. The van der Waals surface area contributed by atoms with Crippen LogP contribution in [-0.2, 0) is 0 Å². The molecule has 3 rings (SSSR count). The lowest BCUT2D eigenvalue weighted by molar-refractivity contribution is 1.03. The van der Waals surface area contributed by atoms with Gasteiger partial charge in [0.25, 0.3) is 0 Å². The average molecular weight is 241 g/mol. The summed E-state index contributed by atoms with van der Waals surface area (Å²) in [4.78, 5) is 12.9. The van der Waals surface area contributed by atoms with Crippen LogP contribution in [0.4, 0.5) is 0 Å². The summed E-state index contributed by atoms with van der Waals surface area (Å²) in [5, 5.41) is 13.7. The first kappa shape index (κ1) is 10.6. The number of rotatable bonds is 2. The topological polar surface area (TPSA) is 96.0 Å². The molecule has 90 valence electrons. The van der Waals surface area contributed by atoms with E-state index in [0.29, 0.717) is 23.0 Å². The van der Waals surface area contributed by atoms with E-state index < -0.39 is 0 Å². The highest BCUT2D eigenvalue weighted by Crippen LogP contribution is 2.17. The van der Waals surface area contributed by atoms with Crippen molar-refractivity contribution in [3.05, 3.63) is 29.8 Å². The number of pyridine rings is 1. The standard InChI is InChI=1S/C11H11N7/c1-6-12-10(17-15-6)8-4-3-5-9(14-8)11-13-7(2)16-18-11/h3-5H,1-2H3,(H,12,15,17)(H,13,16,18). The number of hydrogen-bond acceptors (Lipinski definition) is 5. The lowest BCUT2D eigenvalue weighted by Crippen LogP contribution is -1.91. The van der Waals surface area contributed by atoms with Crippen LogP contribution in [0.25, 0.3) is 23.0 Å². The second-order valence-electron chi connectivity index (χ2n) is 3.90. The van der Waals surface area contributed by atoms with Gasteiger partial charge in [-0.1, -0.05) is 6.07 Å². The van der Waals surface area contributed by atoms with E-state index in [1.54, 1.807) is 0 Å². The summed E-state index contributed by atoms with van der Waals surface area (Å²) in [5.74, 6) is 2.65. The minimum atomic E-state index is 0.571. The molecule has 0 aliphatic heterocycles. The van der Waals surface area contributed by atoms with Crippen LogP contribution in [-0.4, -0.2) is 35.3 Å². The number of aromatic nitrogens is 7. The van der Waals surface area contributed by atoms with Crippen LogP contribution in [0.15, 0.2) is 18.2 Å². The van der Waals surface area contributed by atoms with Gasteiger partial charge in [0.2, 0.25) is 0 Å². The lowest BCUT2D eigenvalue weighted by atomic mass is 10.3. The van der Waals surface area contributed by atoms with Crippen molar-refractivity contribution in [2.24, 2.45) is 0 Å². The molecule has 3 aromatic heterocycles. The molecular weight excluding hydrogens is 230 g/mol. The second-order valence-corrected chi connectivity index (χ2v) is 3.90. The van der Waals surface area contributed by atoms with Gasteiger partial charge in [0.15, 0.2) is 11.6 Å². The maximum absolute atomic E-state index is 4.45. The van der Waals surface area contributed by atoms with Crippen molar-refractivity contribution >= 4 is 0 Å². The van der Waals surface area contributed by atoms with Crippen molar-refractivity contribution in [2.75, 3.05) is 0 Å². The summed E-state index contributed by atoms with van der Waals surface area (Å²) in [5.41, 5.74) is 1.39. The third kappa shape index (κ3) is 1.86. The van der Waals surface area contributed by atoms with Crippen LogP contribution in [0, 0.1) is 13.8 Å². The summed E-state index contributed by atoms with van der Waals surface area (Å²) in [6.45, 7) is 3.69. The fourth-order valence-electron chi connectivity index (χ4n) is 1.60. The third-order valence-corrected chi connectivity index (χ3v) is 2.40. The first-order valence-electron chi connectivity index (χ1n) is 5.48. The molecule has 0 unspecified atom stereocenters. The lowest BCUT2D eigenvalue weighted by Gasteiger charge is -1.97. The molecule has 0 atom stereocenters. The zero-order valence-corrected chi connectivity index (χ0v) is 9.97. The van der Waals surface area contributed by atoms with Crippen LogP contribution < -0.4 is 0 Å². The largest absolute Gasteiger partial charge is 0.263 e. The number of aromatic amines is 2. The Morgan fingerprint density at radius 2 is 1.28 bits per heavy atom. The molecule has 3 heterocycles. The van der Waals surface area contributed by atoms with E-state index in [4.69, 9.17) is 0 Å². The second kappa shape index (κ2) is 4.02. The molecule has 7 heteroatoms. The van der Waals surface area contributed by atoms with Crippen LogP contribution in [0.5, 0.6) is 0 Å². The van der Waals surface area contributed by atoms with Crippen LogP contribution in [0.3, 0.4) is 0 Å². The Balaban J connectivity index is 2.04. The molecule has 0 bridgehead atoms. The van der Waals surface area contributed by atoms with Gasteiger partial charge in [-0.05, 0) is 26.0 Å². The molecule has 0 saturated carbocycles. The van der Waals surface area contributed by atoms with E-state index in [9.17, 15) is 0 Å². The zero-order chi connectivity index (χ0) is 12.5. The van der Waals surface area contributed by atoms with E-state index in [2.05, 4.69) is 35.3 Å². The highest BCUT2D eigenvalue weighted by atomic mass is 15.2. The van der Waals surface area contributed by atoms with Gasteiger partial charge in [0.05, 0.1) is 0 Å². The molecule has 0 radical (unpaired) electrons. The van der Waals surface area contributed by atoms with E-state index >= 15 is 0 Å². The Labute approximate surface area is 103 Å². The number of nitrogens with one attached hydrogen (secondary N) is 2. The molecule has 0 fully saturated rings. The Bertz CT molecular complexity index is 627. The molecule has 2 N–H and O–H groups in total. The van der Waals surface area contributed by atoms with Crippen molar-refractivity contribution in [1.82, 2.24) is 35.3 Å². The van der Waals surface area contributed by atoms with Crippen molar-refractivity contribution < 1.29 is 0 Å². The Morgan fingerprint density at radius 1 is 0.778 bits per heavy atom. The Hall–Kier alpha value is -2.57. The first-order chi connectivity index (χ1) is 8.72.